The van der Waals surface area contributed by atoms with E-state index in [1.807, 2.05) is 0 Å². The maximum atomic E-state index is 12.3. The fraction of sp³-hybridized carbons (Fsp3) is 0.467. The van der Waals surface area contributed by atoms with E-state index in [0.717, 1.165) is 12.0 Å². The van der Waals surface area contributed by atoms with E-state index in [4.69, 9.17) is 21.4 Å². The summed E-state index contributed by atoms with van der Waals surface area (Å²) >= 11 is 6.13. The lowest BCUT2D eigenvalue weighted by Crippen LogP contribution is -2.43. The zero-order valence-corrected chi connectivity index (χ0v) is 12.6. The zero-order valence-electron chi connectivity index (χ0n) is 11.8. The second-order valence-corrected chi connectivity index (χ2v) is 5.56. The fourth-order valence-corrected chi connectivity index (χ4v) is 2.72. The number of hydrogen-bond acceptors (Lipinski definition) is 3. The summed E-state index contributed by atoms with van der Waals surface area (Å²) in [5, 5.41) is 9.54. The van der Waals surface area contributed by atoms with Gasteiger partial charge in [0.25, 0.3) is 0 Å². The highest BCUT2D eigenvalue weighted by molar-refractivity contribution is 6.31. The van der Waals surface area contributed by atoms with Crippen molar-refractivity contribution < 1.29 is 19.4 Å². The Hall–Kier alpha value is -1.75. The Bertz CT molecular complexity index is 546. The van der Waals surface area contributed by atoms with Gasteiger partial charge in [0.2, 0.25) is 5.91 Å². The molecule has 2 rings (SSSR count). The van der Waals surface area contributed by atoms with Gasteiger partial charge in [-0.05, 0) is 30.5 Å². The van der Waals surface area contributed by atoms with Crippen molar-refractivity contribution in [3.63, 3.8) is 0 Å². The van der Waals surface area contributed by atoms with E-state index in [1.165, 1.54) is 0 Å². The number of aliphatic carboxylic acids is 1. The number of ether oxygens (including phenoxy) is 1. The number of carboxylic acids is 1. The van der Waals surface area contributed by atoms with Crippen molar-refractivity contribution in [1.82, 2.24) is 4.90 Å². The Balaban J connectivity index is 2.02. The van der Waals surface area contributed by atoms with Crippen LogP contribution in [-0.2, 0) is 16.0 Å². The molecule has 1 amide bonds. The zero-order chi connectivity index (χ0) is 15.4. The summed E-state index contributed by atoms with van der Waals surface area (Å²) in [6.45, 7) is 0.887. The summed E-state index contributed by atoms with van der Waals surface area (Å²) in [5.41, 5.74) is 0.722. The standard InChI is InChI=1S/C15H18ClNO4/c1-21-12-5-4-10(13(16)8-12)7-14(18)17-6-2-3-11(9-17)15(19)20/h4-5,8,11H,2-3,6-7,9H2,1H3,(H,19,20)/t11-/m0/s1. The van der Waals surface area contributed by atoms with Crippen LogP contribution in [0.1, 0.15) is 18.4 Å². The van der Waals surface area contributed by atoms with E-state index in [0.29, 0.717) is 23.7 Å². The first kappa shape index (κ1) is 15.6. The molecule has 1 heterocycles. The van der Waals surface area contributed by atoms with Crippen LogP contribution in [0.3, 0.4) is 0 Å². The highest BCUT2D eigenvalue weighted by atomic mass is 35.5. The lowest BCUT2D eigenvalue weighted by molar-refractivity contribution is -0.145. The van der Waals surface area contributed by atoms with Crippen molar-refractivity contribution in [2.45, 2.75) is 19.3 Å². The van der Waals surface area contributed by atoms with E-state index in [1.54, 1.807) is 30.2 Å². The van der Waals surface area contributed by atoms with Gasteiger partial charge < -0.3 is 14.7 Å². The second kappa shape index (κ2) is 6.80. The molecule has 1 N–H and O–H groups in total. The van der Waals surface area contributed by atoms with Crippen LogP contribution in [0.15, 0.2) is 18.2 Å². The number of nitrogens with zero attached hydrogens (tertiary/aromatic N) is 1. The molecule has 0 aromatic heterocycles. The molecule has 1 saturated heterocycles. The SMILES string of the molecule is COc1ccc(CC(=O)N2CCC[C@H](C(=O)O)C2)c(Cl)c1. The number of carbonyl (C=O) groups excluding carboxylic acids is 1. The third-order valence-corrected chi connectivity index (χ3v) is 4.08. The summed E-state index contributed by atoms with van der Waals surface area (Å²) in [4.78, 5) is 24.9. The number of hydrogen-bond donors (Lipinski definition) is 1. The fourth-order valence-electron chi connectivity index (χ4n) is 2.48. The first-order chi connectivity index (χ1) is 10.0. The number of piperidine rings is 1. The Morgan fingerprint density at radius 2 is 2.24 bits per heavy atom. The maximum absolute atomic E-state index is 12.3. The van der Waals surface area contributed by atoms with Crippen LogP contribution in [0.25, 0.3) is 0 Å². The molecule has 0 radical (unpaired) electrons. The monoisotopic (exact) mass is 311 g/mol. The number of rotatable bonds is 4. The number of carbonyl (C=O) groups is 2. The van der Waals surface area contributed by atoms with Crippen molar-refractivity contribution in [2.24, 2.45) is 5.92 Å². The molecule has 0 bridgehead atoms. The van der Waals surface area contributed by atoms with Crippen molar-refractivity contribution in [1.29, 1.82) is 0 Å². The summed E-state index contributed by atoms with van der Waals surface area (Å²) in [6.07, 6.45) is 1.52. The molecule has 1 aliphatic heterocycles. The minimum atomic E-state index is -0.838. The highest BCUT2D eigenvalue weighted by Crippen LogP contribution is 2.24. The normalized spacial score (nSPS) is 18.4. The molecule has 0 unspecified atom stereocenters. The van der Waals surface area contributed by atoms with Gasteiger partial charge in [0.1, 0.15) is 5.75 Å². The maximum Gasteiger partial charge on any atom is 0.308 e. The van der Waals surface area contributed by atoms with Crippen molar-refractivity contribution >= 4 is 23.5 Å². The molecule has 1 aromatic rings. The van der Waals surface area contributed by atoms with E-state index in [9.17, 15) is 9.59 Å². The van der Waals surface area contributed by atoms with Gasteiger partial charge >= 0.3 is 5.97 Å². The van der Waals surface area contributed by atoms with Gasteiger partial charge in [0, 0.05) is 18.1 Å². The average molecular weight is 312 g/mol. The van der Waals surface area contributed by atoms with Crippen molar-refractivity contribution in [2.75, 3.05) is 20.2 Å². The van der Waals surface area contributed by atoms with Crippen LogP contribution >= 0.6 is 11.6 Å². The summed E-state index contributed by atoms with van der Waals surface area (Å²) in [7, 11) is 1.55. The van der Waals surface area contributed by atoms with Crippen LogP contribution < -0.4 is 4.74 Å². The van der Waals surface area contributed by atoms with Crippen molar-refractivity contribution in [3.8, 4) is 5.75 Å². The quantitative estimate of drug-likeness (QED) is 0.926. The Morgan fingerprint density at radius 1 is 1.48 bits per heavy atom. The number of amides is 1. The molecule has 0 spiro atoms. The van der Waals surface area contributed by atoms with Gasteiger partial charge in [-0.25, -0.2) is 0 Å². The lowest BCUT2D eigenvalue weighted by Gasteiger charge is -2.30. The van der Waals surface area contributed by atoms with Gasteiger partial charge in [-0.2, -0.15) is 0 Å². The second-order valence-electron chi connectivity index (χ2n) is 5.15. The van der Waals surface area contributed by atoms with Gasteiger partial charge in [-0.15, -0.1) is 0 Å². The molecule has 21 heavy (non-hydrogen) atoms. The molecular weight excluding hydrogens is 294 g/mol. The topological polar surface area (TPSA) is 66.8 Å². The number of likely N-dealkylation sites (tertiary alicyclic amines) is 1. The molecule has 1 aliphatic rings. The van der Waals surface area contributed by atoms with Crippen LogP contribution in [0.5, 0.6) is 5.75 Å². The van der Waals surface area contributed by atoms with E-state index < -0.39 is 11.9 Å². The molecule has 1 aromatic carbocycles. The Labute approximate surface area is 128 Å². The Kier molecular flexibility index (Phi) is 5.07. The van der Waals surface area contributed by atoms with E-state index in [-0.39, 0.29) is 18.9 Å². The predicted molar refractivity (Wildman–Crippen MR) is 78.6 cm³/mol. The van der Waals surface area contributed by atoms with Crippen LogP contribution in [0.2, 0.25) is 5.02 Å². The predicted octanol–water partition coefficient (Wildman–Crippen LogP) is 2.21. The number of benzene rings is 1. The minimum Gasteiger partial charge on any atom is -0.497 e. The molecule has 0 saturated carbocycles. The lowest BCUT2D eigenvalue weighted by atomic mass is 9.97. The first-order valence-electron chi connectivity index (χ1n) is 6.84. The van der Waals surface area contributed by atoms with Gasteiger partial charge in [-0.1, -0.05) is 17.7 Å². The largest absolute Gasteiger partial charge is 0.497 e. The summed E-state index contributed by atoms with van der Waals surface area (Å²) in [6, 6.07) is 5.18. The summed E-state index contributed by atoms with van der Waals surface area (Å²) in [5.74, 6) is -0.753. The minimum absolute atomic E-state index is 0.0898. The molecule has 114 valence electrons. The molecule has 1 fully saturated rings. The highest BCUT2D eigenvalue weighted by Gasteiger charge is 2.28. The third-order valence-electron chi connectivity index (χ3n) is 3.73. The van der Waals surface area contributed by atoms with Gasteiger partial charge in [0.15, 0.2) is 0 Å². The average Bonchev–Trinajstić information content (AvgIpc) is 2.49. The van der Waals surface area contributed by atoms with Crippen LogP contribution in [-0.4, -0.2) is 42.1 Å². The van der Waals surface area contributed by atoms with Crippen LogP contribution in [0, 0.1) is 5.92 Å². The molecular formula is C15H18ClNO4. The Morgan fingerprint density at radius 3 is 2.86 bits per heavy atom. The smallest absolute Gasteiger partial charge is 0.308 e. The van der Waals surface area contributed by atoms with Gasteiger partial charge in [-0.3, -0.25) is 9.59 Å². The first-order valence-corrected chi connectivity index (χ1v) is 7.22. The number of methoxy groups -OCH3 is 1. The molecule has 1 atom stereocenters. The molecule has 5 nitrogen and oxygen atoms in total. The summed E-state index contributed by atoms with van der Waals surface area (Å²) < 4.78 is 5.07. The van der Waals surface area contributed by atoms with Crippen LogP contribution in [0.4, 0.5) is 0 Å². The van der Waals surface area contributed by atoms with Gasteiger partial charge in [0.05, 0.1) is 19.4 Å². The van der Waals surface area contributed by atoms with Crippen molar-refractivity contribution in [3.05, 3.63) is 28.8 Å². The van der Waals surface area contributed by atoms with E-state index >= 15 is 0 Å². The molecule has 0 aliphatic carbocycles. The number of carboxylic acid groups (broad SMARTS) is 1. The number of halogens is 1. The van der Waals surface area contributed by atoms with E-state index in [2.05, 4.69) is 0 Å². The molecule has 6 heteroatoms. The third kappa shape index (κ3) is 3.88.